The Bertz CT molecular complexity index is 558. The van der Waals surface area contributed by atoms with Crippen molar-refractivity contribution in [3.05, 3.63) is 27.7 Å². The molecule has 0 aliphatic heterocycles. The summed E-state index contributed by atoms with van der Waals surface area (Å²) in [5, 5.41) is 12.6. The van der Waals surface area contributed by atoms with Crippen LogP contribution in [0.15, 0.2) is 16.6 Å². The molecule has 0 radical (unpaired) electrons. The molecule has 4 heteroatoms. The third-order valence-corrected chi connectivity index (χ3v) is 4.80. The molecule has 3 nitrogen and oxygen atoms in total. The van der Waals surface area contributed by atoms with Crippen molar-refractivity contribution in [2.24, 2.45) is 5.41 Å². The number of benzene rings is 1. The Labute approximate surface area is 134 Å². The van der Waals surface area contributed by atoms with Crippen molar-refractivity contribution in [1.82, 2.24) is 0 Å². The Morgan fingerprint density at radius 2 is 1.71 bits per heavy atom. The number of rotatable bonds is 2. The highest BCUT2D eigenvalue weighted by atomic mass is 79.9. The summed E-state index contributed by atoms with van der Waals surface area (Å²) in [5.41, 5.74) is 2.00. The van der Waals surface area contributed by atoms with Crippen LogP contribution in [0.1, 0.15) is 49.7 Å². The lowest BCUT2D eigenvalue weighted by atomic mass is 9.81. The van der Waals surface area contributed by atoms with E-state index in [2.05, 4.69) is 27.3 Å². The lowest BCUT2D eigenvalue weighted by Gasteiger charge is -2.24. The Balaban J connectivity index is 2.26. The average Bonchev–Trinajstić information content (AvgIpc) is 2.68. The van der Waals surface area contributed by atoms with Gasteiger partial charge in [-0.15, -0.1) is 0 Å². The molecule has 1 N–H and O–H groups in total. The van der Waals surface area contributed by atoms with Crippen molar-refractivity contribution in [2.45, 2.75) is 52.4 Å². The smallest absolute Gasteiger partial charge is 0.244 e. The first-order chi connectivity index (χ1) is 9.98. The van der Waals surface area contributed by atoms with Crippen LogP contribution in [0.25, 0.3) is 0 Å². The van der Waals surface area contributed by atoms with Crippen LogP contribution in [-0.4, -0.2) is 5.91 Å². The van der Waals surface area contributed by atoms with E-state index in [1.54, 1.807) is 0 Å². The third-order valence-electron chi connectivity index (χ3n) is 4.34. The fraction of sp³-hybridized carbons (Fsp3) is 0.529. The van der Waals surface area contributed by atoms with Gasteiger partial charge in [0.25, 0.3) is 0 Å². The SMILES string of the molecule is Cc1cc(Br)cc(C)c1NC(=O)C1(C#N)CCCCCC1. The van der Waals surface area contributed by atoms with Crippen LogP contribution in [0.3, 0.4) is 0 Å². The maximum absolute atomic E-state index is 12.7. The van der Waals surface area contributed by atoms with Gasteiger partial charge in [-0.1, -0.05) is 41.6 Å². The molecule has 1 aliphatic carbocycles. The Kier molecular flexibility index (Phi) is 5.05. The van der Waals surface area contributed by atoms with Crippen molar-refractivity contribution in [2.75, 3.05) is 5.32 Å². The number of carbonyl (C=O) groups excluding carboxylic acids is 1. The average molecular weight is 349 g/mol. The first-order valence-electron chi connectivity index (χ1n) is 7.48. The summed E-state index contributed by atoms with van der Waals surface area (Å²) in [6.45, 7) is 3.94. The number of nitrogens with zero attached hydrogens (tertiary/aromatic N) is 1. The Hall–Kier alpha value is -1.34. The molecule has 0 unspecified atom stereocenters. The van der Waals surface area contributed by atoms with E-state index in [4.69, 9.17) is 0 Å². The second-order valence-corrected chi connectivity index (χ2v) is 6.89. The zero-order valence-electron chi connectivity index (χ0n) is 12.6. The Morgan fingerprint density at radius 3 is 2.19 bits per heavy atom. The van der Waals surface area contributed by atoms with E-state index >= 15 is 0 Å². The molecule has 0 bridgehead atoms. The first-order valence-corrected chi connectivity index (χ1v) is 8.27. The molecule has 0 heterocycles. The summed E-state index contributed by atoms with van der Waals surface area (Å²) in [4.78, 5) is 12.7. The van der Waals surface area contributed by atoms with Gasteiger partial charge < -0.3 is 5.32 Å². The van der Waals surface area contributed by atoms with E-state index in [-0.39, 0.29) is 5.91 Å². The molecule has 112 valence electrons. The van der Waals surface area contributed by atoms with Crippen molar-refractivity contribution < 1.29 is 4.79 Å². The molecule has 1 fully saturated rings. The number of hydrogen-bond donors (Lipinski definition) is 1. The second kappa shape index (κ2) is 6.62. The van der Waals surface area contributed by atoms with Crippen LogP contribution in [0.5, 0.6) is 0 Å². The zero-order chi connectivity index (χ0) is 15.5. The van der Waals surface area contributed by atoms with Gasteiger partial charge in [-0.05, 0) is 49.9 Å². The largest absolute Gasteiger partial charge is 0.324 e. The monoisotopic (exact) mass is 348 g/mol. The normalized spacial score (nSPS) is 17.6. The number of halogens is 1. The number of nitriles is 1. The van der Waals surface area contributed by atoms with Crippen LogP contribution in [0.4, 0.5) is 5.69 Å². The predicted octanol–water partition coefficient (Wildman–Crippen LogP) is 4.87. The molecular weight excluding hydrogens is 328 g/mol. The number of amides is 1. The van der Waals surface area contributed by atoms with Gasteiger partial charge in [0.1, 0.15) is 5.41 Å². The minimum absolute atomic E-state index is 0.138. The fourth-order valence-electron chi connectivity index (χ4n) is 3.06. The number of aryl methyl sites for hydroxylation is 2. The minimum atomic E-state index is -0.859. The molecule has 1 aromatic rings. The number of hydrogen-bond acceptors (Lipinski definition) is 2. The topological polar surface area (TPSA) is 52.9 Å². The summed E-state index contributed by atoms with van der Waals surface area (Å²) in [7, 11) is 0. The summed E-state index contributed by atoms with van der Waals surface area (Å²) < 4.78 is 1.000. The van der Waals surface area contributed by atoms with Gasteiger partial charge in [0.2, 0.25) is 5.91 Å². The highest BCUT2D eigenvalue weighted by molar-refractivity contribution is 9.10. The second-order valence-electron chi connectivity index (χ2n) is 5.98. The summed E-state index contributed by atoms with van der Waals surface area (Å²) in [6.07, 6.45) is 5.49. The molecule has 0 spiro atoms. The van der Waals surface area contributed by atoms with Crippen LogP contribution >= 0.6 is 15.9 Å². The zero-order valence-corrected chi connectivity index (χ0v) is 14.2. The molecule has 0 aromatic heterocycles. The van der Waals surface area contributed by atoms with Gasteiger partial charge in [-0.2, -0.15) is 5.26 Å². The summed E-state index contributed by atoms with van der Waals surface area (Å²) in [5.74, 6) is -0.138. The Morgan fingerprint density at radius 1 is 1.19 bits per heavy atom. The lowest BCUT2D eigenvalue weighted by molar-refractivity contribution is -0.123. The molecule has 0 atom stereocenters. The summed E-state index contributed by atoms with van der Waals surface area (Å²) in [6, 6.07) is 6.27. The number of nitrogens with one attached hydrogen (secondary N) is 1. The van der Waals surface area contributed by atoms with Crippen LogP contribution in [0.2, 0.25) is 0 Å². The third kappa shape index (κ3) is 3.47. The fourth-order valence-corrected chi connectivity index (χ4v) is 3.75. The first kappa shape index (κ1) is 16.0. The van der Waals surface area contributed by atoms with E-state index in [0.29, 0.717) is 12.8 Å². The van der Waals surface area contributed by atoms with Gasteiger partial charge in [0.05, 0.1) is 6.07 Å². The van der Waals surface area contributed by atoms with Crippen LogP contribution in [0, 0.1) is 30.6 Å². The maximum atomic E-state index is 12.7. The lowest BCUT2D eigenvalue weighted by Crippen LogP contribution is -2.35. The molecular formula is C17H21BrN2O. The van der Waals surface area contributed by atoms with Gasteiger partial charge >= 0.3 is 0 Å². The maximum Gasteiger partial charge on any atom is 0.244 e. The predicted molar refractivity (Wildman–Crippen MR) is 88.0 cm³/mol. The molecule has 0 saturated heterocycles. The minimum Gasteiger partial charge on any atom is -0.324 e. The van der Waals surface area contributed by atoms with E-state index < -0.39 is 5.41 Å². The van der Waals surface area contributed by atoms with Gasteiger partial charge in [-0.3, -0.25) is 4.79 Å². The van der Waals surface area contributed by atoms with E-state index in [1.807, 2.05) is 26.0 Å². The quantitative estimate of drug-likeness (QED) is 0.775. The van der Waals surface area contributed by atoms with E-state index in [9.17, 15) is 10.1 Å². The van der Waals surface area contributed by atoms with Crippen molar-refractivity contribution in [1.29, 1.82) is 5.26 Å². The molecule has 1 aliphatic rings. The van der Waals surface area contributed by atoms with Gasteiger partial charge in [-0.25, -0.2) is 0 Å². The molecule has 1 amide bonds. The van der Waals surface area contributed by atoms with E-state index in [1.165, 1.54) is 0 Å². The number of anilines is 1. The molecule has 21 heavy (non-hydrogen) atoms. The molecule has 1 saturated carbocycles. The van der Waals surface area contributed by atoms with Crippen LogP contribution < -0.4 is 5.32 Å². The van der Waals surface area contributed by atoms with Crippen molar-refractivity contribution >= 4 is 27.5 Å². The highest BCUT2D eigenvalue weighted by Crippen LogP contribution is 2.36. The molecule has 1 aromatic carbocycles. The van der Waals surface area contributed by atoms with Crippen molar-refractivity contribution in [3.8, 4) is 6.07 Å². The van der Waals surface area contributed by atoms with E-state index in [0.717, 1.165) is 47.0 Å². The van der Waals surface area contributed by atoms with Gasteiger partial charge in [0, 0.05) is 10.2 Å². The van der Waals surface area contributed by atoms with Crippen LogP contribution in [-0.2, 0) is 4.79 Å². The summed E-state index contributed by atoms with van der Waals surface area (Å²) >= 11 is 3.46. The highest BCUT2D eigenvalue weighted by Gasteiger charge is 2.39. The standard InChI is InChI=1S/C17H21BrN2O/c1-12-9-14(18)10-13(2)15(12)20-16(21)17(11-19)7-5-3-4-6-8-17/h9-10H,3-8H2,1-2H3,(H,20,21). The molecule has 2 rings (SSSR count). The number of carbonyl (C=O) groups is 1. The van der Waals surface area contributed by atoms with Gasteiger partial charge in [0.15, 0.2) is 0 Å². The van der Waals surface area contributed by atoms with Crippen molar-refractivity contribution in [3.63, 3.8) is 0 Å².